The third-order valence-corrected chi connectivity index (χ3v) is 3.04. The zero-order valence-electron chi connectivity index (χ0n) is 8.84. The molecule has 0 aliphatic heterocycles. The van der Waals surface area contributed by atoms with Crippen molar-refractivity contribution < 1.29 is 5.11 Å². The minimum Gasteiger partial charge on any atom is -0.393 e. The number of aliphatic hydroxyl groups is 1. The van der Waals surface area contributed by atoms with E-state index in [-0.39, 0.29) is 6.10 Å². The van der Waals surface area contributed by atoms with E-state index in [4.69, 9.17) is 6.42 Å². The highest BCUT2D eigenvalue weighted by Crippen LogP contribution is 2.29. The van der Waals surface area contributed by atoms with Gasteiger partial charge < -0.3 is 5.11 Å². The summed E-state index contributed by atoms with van der Waals surface area (Å²) in [6.07, 6.45) is 12.5. The fourth-order valence-corrected chi connectivity index (χ4v) is 2.20. The number of hydrogen-bond acceptors (Lipinski definition) is 1. The second kappa shape index (κ2) is 5.88. The second-order valence-corrected chi connectivity index (χ2v) is 4.30. The van der Waals surface area contributed by atoms with Crippen molar-refractivity contribution in [3.05, 3.63) is 12.2 Å². The van der Waals surface area contributed by atoms with Gasteiger partial charge in [-0.1, -0.05) is 31.4 Å². The maximum atomic E-state index is 9.94. The second-order valence-electron chi connectivity index (χ2n) is 4.30. The van der Waals surface area contributed by atoms with Crippen molar-refractivity contribution >= 4 is 0 Å². The third-order valence-electron chi connectivity index (χ3n) is 3.04. The standard InChI is InChI=1S/C13H20O/c1-3-7-11(2)10-13(14)12-8-5-4-6-9-12/h1,12-14H,2,4-10H2. The van der Waals surface area contributed by atoms with Gasteiger partial charge in [-0.2, -0.15) is 0 Å². The van der Waals surface area contributed by atoms with Crippen LogP contribution in [0.5, 0.6) is 0 Å². The molecule has 1 rings (SSSR count). The number of aliphatic hydroxyl groups excluding tert-OH is 1. The SMILES string of the molecule is C#CCC(=C)CC(O)C1CCCCC1. The minimum absolute atomic E-state index is 0.212. The summed E-state index contributed by atoms with van der Waals surface area (Å²) in [7, 11) is 0. The Hall–Kier alpha value is -0.740. The fourth-order valence-electron chi connectivity index (χ4n) is 2.20. The molecule has 1 unspecified atom stereocenters. The predicted octanol–water partition coefficient (Wildman–Crippen LogP) is 2.90. The molecule has 0 aromatic heterocycles. The molecule has 1 N–H and O–H groups in total. The van der Waals surface area contributed by atoms with Crippen molar-refractivity contribution in [2.75, 3.05) is 0 Å². The Morgan fingerprint density at radius 1 is 1.43 bits per heavy atom. The fraction of sp³-hybridized carbons (Fsp3) is 0.692. The van der Waals surface area contributed by atoms with E-state index in [1.54, 1.807) is 0 Å². The predicted molar refractivity (Wildman–Crippen MR) is 59.8 cm³/mol. The van der Waals surface area contributed by atoms with Gasteiger partial charge in [-0.05, 0) is 25.2 Å². The summed E-state index contributed by atoms with van der Waals surface area (Å²) in [6.45, 7) is 3.88. The highest BCUT2D eigenvalue weighted by molar-refractivity contribution is 5.07. The highest BCUT2D eigenvalue weighted by atomic mass is 16.3. The molecular formula is C13H20O. The zero-order chi connectivity index (χ0) is 10.4. The molecule has 1 aliphatic carbocycles. The largest absolute Gasteiger partial charge is 0.393 e. The molecule has 0 aromatic carbocycles. The summed E-state index contributed by atoms with van der Waals surface area (Å²) < 4.78 is 0. The Morgan fingerprint density at radius 3 is 2.64 bits per heavy atom. The van der Waals surface area contributed by atoms with Crippen LogP contribution < -0.4 is 0 Å². The molecule has 1 aliphatic rings. The Kier molecular flexibility index (Phi) is 4.76. The first-order valence-corrected chi connectivity index (χ1v) is 5.52. The molecular weight excluding hydrogens is 172 g/mol. The molecule has 14 heavy (non-hydrogen) atoms. The molecule has 0 radical (unpaired) electrons. The van der Waals surface area contributed by atoms with Crippen molar-refractivity contribution in [2.24, 2.45) is 5.92 Å². The molecule has 1 heteroatoms. The molecule has 0 heterocycles. The van der Waals surface area contributed by atoms with E-state index in [0.29, 0.717) is 18.8 Å². The summed E-state index contributed by atoms with van der Waals surface area (Å²) in [6, 6.07) is 0. The van der Waals surface area contributed by atoms with Crippen molar-refractivity contribution in [1.29, 1.82) is 0 Å². The summed E-state index contributed by atoms with van der Waals surface area (Å²) in [5, 5.41) is 9.94. The van der Waals surface area contributed by atoms with Gasteiger partial charge in [0.05, 0.1) is 6.10 Å². The molecule has 0 aromatic rings. The lowest BCUT2D eigenvalue weighted by molar-refractivity contribution is 0.0848. The first-order chi connectivity index (χ1) is 6.74. The summed E-state index contributed by atoms with van der Waals surface area (Å²) in [5.74, 6) is 3.05. The average Bonchev–Trinajstić information content (AvgIpc) is 2.19. The van der Waals surface area contributed by atoms with Crippen molar-refractivity contribution in [2.45, 2.75) is 51.0 Å². The van der Waals surface area contributed by atoms with Gasteiger partial charge in [-0.15, -0.1) is 12.3 Å². The maximum absolute atomic E-state index is 9.94. The minimum atomic E-state index is -0.212. The van der Waals surface area contributed by atoms with E-state index in [1.807, 2.05) is 0 Å². The van der Waals surface area contributed by atoms with E-state index in [2.05, 4.69) is 12.5 Å². The molecule has 1 nitrogen and oxygen atoms in total. The Morgan fingerprint density at radius 2 is 2.07 bits per heavy atom. The van der Waals surface area contributed by atoms with Crippen LogP contribution >= 0.6 is 0 Å². The van der Waals surface area contributed by atoms with Gasteiger partial charge in [0.25, 0.3) is 0 Å². The van der Waals surface area contributed by atoms with Crippen molar-refractivity contribution in [1.82, 2.24) is 0 Å². The monoisotopic (exact) mass is 192 g/mol. The molecule has 0 bridgehead atoms. The Balaban J connectivity index is 2.29. The van der Waals surface area contributed by atoms with Crippen LogP contribution in [0, 0.1) is 18.3 Å². The lowest BCUT2D eigenvalue weighted by Gasteiger charge is -2.26. The van der Waals surface area contributed by atoms with Crippen LogP contribution in [0.3, 0.4) is 0 Å². The Bertz CT molecular complexity index is 218. The van der Waals surface area contributed by atoms with Crippen LogP contribution in [0.25, 0.3) is 0 Å². The van der Waals surface area contributed by atoms with Crippen LogP contribution in [0.1, 0.15) is 44.9 Å². The molecule has 1 fully saturated rings. The van der Waals surface area contributed by atoms with E-state index < -0.39 is 0 Å². The van der Waals surface area contributed by atoms with Crippen LogP contribution in [0.4, 0.5) is 0 Å². The van der Waals surface area contributed by atoms with Crippen LogP contribution in [0.2, 0.25) is 0 Å². The molecule has 1 atom stereocenters. The first kappa shape index (κ1) is 11.3. The molecule has 0 saturated heterocycles. The number of terminal acetylenes is 1. The van der Waals surface area contributed by atoms with E-state index in [1.165, 1.54) is 32.1 Å². The lowest BCUT2D eigenvalue weighted by Crippen LogP contribution is -2.23. The van der Waals surface area contributed by atoms with E-state index >= 15 is 0 Å². The molecule has 78 valence electrons. The van der Waals surface area contributed by atoms with Gasteiger partial charge in [0.15, 0.2) is 0 Å². The lowest BCUT2D eigenvalue weighted by atomic mass is 9.83. The highest BCUT2D eigenvalue weighted by Gasteiger charge is 2.21. The number of hydrogen-bond donors (Lipinski definition) is 1. The van der Waals surface area contributed by atoms with Crippen LogP contribution in [-0.2, 0) is 0 Å². The molecule has 0 amide bonds. The summed E-state index contributed by atoms with van der Waals surface area (Å²) >= 11 is 0. The first-order valence-electron chi connectivity index (χ1n) is 5.52. The third kappa shape index (κ3) is 3.55. The van der Waals surface area contributed by atoms with Crippen LogP contribution in [-0.4, -0.2) is 11.2 Å². The Labute approximate surface area is 87.2 Å². The van der Waals surface area contributed by atoms with Gasteiger partial charge in [0.1, 0.15) is 0 Å². The topological polar surface area (TPSA) is 20.2 Å². The van der Waals surface area contributed by atoms with Gasteiger partial charge in [-0.3, -0.25) is 0 Å². The molecule has 0 spiro atoms. The maximum Gasteiger partial charge on any atom is 0.0605 e. The van der Waals surface area contributed by atoms with E-state index in [9.17, 15) is 5.11 Å². The van der Waals surface area contributed by atoms with Gasteiger partial charge >= 0.3 is 0 Å². The van der Waals surface area contributed by atoms with Crippen molar-refractivity contribution in [3.63, 3.8) is 0 Å². The average molecular weight is 192 g/mol. The zero-order valence-corrected chi connectivity index (χ0v) is 8.84. The number of rotatable bonds is 4. The van der Waals surface area contributed by atoms with Gasteiger partial charge in [0.2, 0.25) is 0 Å². The quantitative estimate of drug-likeness (QED) is 0.536. The normalized spacial score (nSPS) is 20.0. The smallest absolute Gasteiger partial charge is 0.0605 e. The van der Waals surface area contributed by atoms with Crippen LogP contribution in [0.15, 0.2) is 12.2 Å². The molecule has 1 saturated carbocycles. The van der Waals surface area contributed by atoms with Gasteiger partial charge in [0, 0.05) is 6.42 Å². The summed E-state index contributed by atoms with van der Waals surface area (Å²) in [4.78, 5) is 0. The van der Waals surface area contributed by atoms with Crippen molar-refractivity contribution in [3.8, 4) is 12.3 Å². The van der Waals surface area contributed by atoms with E-state index in [0.717, 1.165) is 5.57 Å². The summed E-state index contributed by atoms with van der Waals surface area (Å²) in [5.41, 5.74) is 0.991. The van der Waals surface area contributed by atoms with Gasteiger partial charge in [-0.25, -0.2) is 0 Å².